The van der Waals surface area contributed by atoms with Gasteiger partial charge in [-0.3, -0.25) is 9.59 Å². The summed E-state index contributed by atoms with van der Waals surface area (Å²) in [6, 6.07) is 0.117. The van der Waals surface area contributed by atoms with Crippen LogP contribution in [0.2, 0.25) is 0 Å². The summed E-state index contributed by atoms with van der Waals surface area (Å²) in [4.78, 5) is 25.8. The molecule has 0 aromatic carbocycles. The van der Waals surface area contributed by atoms with Gasteiger partial charge < -0.3 is 15.1 Å². The average Bonchev–Trinajstić information content (AvgIpc) is 2.48. The zero-order chi connectivity index (χ0) is 12.9. The highest BCUT2D eigenvalue weighted by molar-refractivity contribution is 6.03. The number of nitrogens with zero attached hydrogens (tertiary/aromatic N) is 1. The normalized spacial score (nSPS) is 37.2. The van der Waals surface area contributed by atoms with Crippen LogP contribution in [-0.4, -0.2) is 45.2 Å². The predicted octanol–water partition coefficient (Wildman–Crippen LogP) is 0.756. The molecule has 2 unspecified atom stereocenters. The lowest BCUT2D eigenvalue weighted by Crippen LogP contribution is -2.58. The number of carbonyl (C=O) groups excluding carboxylic acids is 1. The zero-order valence-corrected chi connectivity index (χ0v) is 10.3. The first-order valence-electron chi connectivity index (χ1n) is 6.79. The van der Waals surface area contributed by atoms with Gasteiger partial charge in [-0.1, -0.05) is 6.42 Å². The van der Waals surface area contributed by atoms with Crippen LogP contribution < -0.4 is 0 Å². The van der Waals surface area contributed by atoms with E-state index in [0.29, 0.717) is 25.7 Å². The summed E-state index contributed by atoms with van der Waals surface area (Å²) in [6.45, 7) is 0. The first kappa shape index (κ1) is 12.0. The molecule has 2 aliphatic heterocycles. The first-order valence-corrected chi connectivity index (χ1v) is 6.79. The maximum absolute atomic E-state index is 12.6. The van der Waals surface area contributed by atoms with E-state index in [-0.39, 0.29) is 24.1 Å². The number of aliphatic hydroxyl groups is 1. The molecule has 1 aliphatic carbocycles. The van der Waals surface area contributed by atoms with Crippen molar-refractivity contribution in [2.24, 2.45) is 5.41 Å². The topological polar surface area (TPSA) is 77.8 Å². The molecule has 0 aromatic heterocycles. The molecule has 2 saturated heterocycles. The highest BCUT2D eigenvalue weighted by Crippen LogP contribution is 2.46. The van der Waals surface area contributed by atoms with Gasteiger partial charge in [0.1, 0.15) is 5.41 Å². The Kier molecular flexibility index (Phi) is 2.62. The second-order valence-corrected chi connectivity index (χ2v) is 5.96. The summed E-state index contributed by atoms with van der Waals surface area (Å²) in [5, 5.41) is 19.1. The van der Waals surface area contributed by atoms with E-state index in [9.17, 15) is 19.8 Å². The third-order valence-electron chi connectivity index (χ3n) is 4.97. The van der Waals surface area contributed by atoms with E-state index in [1.54, 1.807) is 4.90 Å². The van der Waals surface area contributed by atoms with E-state index < -0.39 is 11.4 Å². The molecule has 5 heteroatoms. The molecule has 0 aromatic rings. The van der Waals surface area contributed by atoms with E-state index >= 15 is 0 Å². The molecule has 2 bridgehead atoms. The molecule has 0 spiro atoms. The number of fused-ring (bicyclic) bond motifs is 2. The van der Waals surface area contributed by atoms with Crippen LogP contribution in [-0.2, 0) is 9.59 Å². The van der Waals surface area contributed by atoms with E-state index in [1.165, 1.54) is 0 Å². The summed E-state index contributed by atoms with van der Waals surface area (Å²) >= 11 is 0. The van der Waals surface area contributed by atoms with Gasteiger partial charge in [-0.2, -0.15) is 0 Å². The fourth-order valence-electron chi connectivity index (χ4n) is 3.78. The van der Waals surface area contributed by atoms with E-state index in [4.69, 9.17) is 0 Å². The first-order chi connectivity index (χ1) is 8.54. The van der Waals surface area contributed by atoms with E-state index in [2.05, 4.69) is 0 Å². The van der Waals surface area contributed by atoms with Gasteiger partial charge in [-0.25, -0.2) is 0 Å². The number of piperidine rings is 1. The van der Waals surface area contributed by atoms with Crippen molar-refractivity contribution in [2.45, 2.75) is 63.1 Å². The Balaban J connectivity index is 1.83. The van der Waals surface area contributed by atoms with Crippen molar-refractivity contribution in [3.05, 3.63) is 0 Å². The van der Waals surface area contributed by atoms with Crippen LogP contribution >= 0.6 is 0 Å². The monoisotopic (exact) mass is 253 g/mol. The molecule has 1 amide bonds. The molecule has 3 fully saturated rings. The van der Waals surface area contributed by atoms with Crippen molar-refractivity contribution >= 4 is 11.9 Å². The zero-order valence-electron chi connectivity index (χ0n) is 10.3. The number of aliphatic hydroxyl groups excluding tert-OH is 1. The van der Waals surface area contributed by atoms with Gasteiger partial charge in [-0.05, 0) is 38.5 Å². The predicted molar refractivity (Wildman–Crippen MR) is 62.8 cm³/mol. The third-order valence-corrected chi connectivity index (χ3v) is 4.97. The Morgan fingerprint density at radius 2 is 1.67 bits per heavy atom. The maximum atomic E-state index is 12.6. The largest absolute Gasteiger partial charge is 0.480 e. The molecule has 2 heterocycles. The summed E-state index contributed by atoms with van der Waals surface area (Å²) in [5.74, 6) is -1.16. The molecular weight excluding hydrogens is 234 g/mol. The van der Waals surface area contributed by atoms with Gasteiger partial charge in [0, 0.05) is 12.1 Å². The number of hydrogen-bond acceptors (Lipinski definition) is 3. The Labute approximate surface area is 106 Å². The minimum Gasteiger partial charge on any atom is -0.480 e. The summed E-state index contributed by atoms with van der Waals surface area (Å²) < 4.78 is 0. The van der Waals surface area contributed by atoms with Crippen LogP contribution in [0.4, 0.5) is 0 Å². The number of carboxylic acids is 1. The van der Waals surface area contributed by atoms with Crippen molar-refractivity contribution < 1.29 is 19.8 Å². The third kappa shape index (κ3) is 1.49. The molecule has 18 heavy (non-hydrogen) atoms. The van der Waals surface area contributed by atoms with Crippen molar-refractivity contribution in [2.75, 3.05) is 0 Å². The van der Waals surface area contributed by atoms with Gasteiger partial charge in [0.2, 0.25) is 5.91 Å². The smallest absolute Gasteiger partial charge is 0.319 e. The Morgan fingerprint density at radius 3 is 2.06 bits per heavy atom. The summed E-state index contributed by atoms with van der Waals surface area (Å²) in [7, 11) is 0. The number of rotatable bonds is 2. The minimum absolute atomic E-state index is 0.0584. The van der Waals surface area contributed by atoms with Crippen LogP contribution in [0.1, 0.15) is 44.9 Å². The molecular formula is C13H19NO4. The molecule has 2 N–H and O–H groups in total. The van der Waals surface area contributed by atoms with Gasteiger partial charge in [-0.15, -0.1) is 0 Å². The van der Waals surface area contributed by atoms with Gasteiger partial charge in [0.15, 0.2) is 0 Å². The second-order valence-electron chi connectivity index (χ2n) is 5.96. The van der Waals surface area contributed by atoms with Crippen LogP contribution in [0.25, 0.3) is 0 Å². The van der Waals surface area contributed by atoms with Crippen molar-refractivity contribution in [3.63, 3.8) is 0 Å². The molecule has 3 aliphatic rings. The Bertz CT molecular complexity index is 376. The van der Waals surface area contributed by atoms with Crippen LogP contribution in [0.5, 0.6) is 0 Å². The highest BCUT2D eigenvalue weighted by atomic mass is 16.4. The number of amides is 1. The molecule has 5 nitrogen and oxygen atoms in total. The minimum atomic E-state index is -1.15. The SMILES string of the molecule is O=C(O)C1(C(=O)N2C3CCC2CC(O)C3)CCC1. The lowest BCUT2D eigenvalue weighted by molar-refractivity contribution is -0.170. The van der Waals surface area contributed by atoms with Gasteiger partial charge in [0.25, 0.3) is 0 Å². The van der Waals surface area contributed by atoms with Gasteiger partial charge >= 0.3 is 5.97 Å². The van der Waals surface area contributed by atoms with Gasteiger partial charge in [0.05, 0.1) is 6.10 Å². The Hall–Kier alpha value is -1.10. The van der Waals surface area contributed by atoms with Crippen LogP contribution in [0, 0.1) is 5.41 Å². The highest BCUT2D eigenvalue weighted by Gasteiger charge is 2.56. The van der Waals surface area contributed by atoms with Crippen molar-refractivity contribution in [1.82, 2.24) is 4.90 Å². The quantitative estimate of drug-likeness (QED) is 0.712. The maximum Gasteiger partial charge on any atom is 0.319 e. The molecule has 1 saturated carbocycles. The van der Waals surface area contributed by atoms with Crippen LogP contribution in [0.15, 0.2) is 0 Å². The average molecular weight is 253 g/mol. The van der Waals surface area contributed by atoms with E-state index in [0.717, 1.165) is 19.3 Å². The molecule has 3 rings (SSSR count). The molecule has 2 atom stereocenters. The fraction of sp³-hybridized carbons (Fsp3) is 0.846. The molecule has 0 radical (unpaired) electrons. The number of carboxylic acid groups (broad SMARTS) is 1. The molecule has 100 valence electrons. The summed E-state index contributed by atoms with van der Waals surface area (Å²) in [6.07, 6.45) is 4.47. The Morgan fingerprint density at radius 1 is 1.11 bits per heavy atom. The van der Waals surface area contributed by atoms with E-state index in [1.807, 2.05) is 0 Å². The number of aliphatic carboxylic acids is 1. The van der Waals surface area contributed by atoms with Crippen molar-refractivity contribution in [3.8, 4) is 0 Å². The van der Waals surface area contributed by atoms with Crippen LogP contribution in [0.3, 0.4) is 0 Å². The number of hydrogen-bond donors (Lipinski definition) is 2. The number of carbonyl (C=O) groups is 2. The second kappa shape index (κ2) is 3.95. The lowest BCUT2D eigenvalue weighted by atomic mass is 9.67. The summed E-state index contributed by atoms with van der Waals surface area (Å²) in [5.41, 5.74) is -1.15. The fourth-order valence-corrected chi connectivity index (χ4v) is 3.78. The standard InChI is InChI=1S/C13H19NO4/c15-10-6-8-2-3-9(7-10)14(8)11(16)13(12(17)18)4-1-5-13/h8-10,15H,1-7H2,(H,17,18). The lowest BCUT2D eigenvalue weighted by Gasteiger charge is -2.45. The van der Waals surface area contributed by atoms with Crippen molar-refractivity contribution in [1.29, 1.82) is 0 Å².